The molecule has 2 unspecified atom stereocenters. The highest BCUT2D eigenvalue weighted by atomic mass is 19.2. The van der Waals surface area contributed by atoms with Crippen molar-refractivity contribution in [2.24, 2.45) is 23.7 Å². The minimum Gasteiger partial charge on any atom is -0.204 e. The number of hydrogen-bond donors (Lipinski definition) is 0. The summed E-state index contributed by atoms with van der Waals surface area (Å²) in [5.74, 6) is -0.336. The van der Waals surface area contributed by atoms with Crippen molar-refractivity contribution >= 4 is 0 Å². The lowest BCUT2D eigenvalue weighted by molar-refractivity contribution is 0.187. The average Bonchev–Trinajstić information content (AvgIpc) is 2.86. The molecule has 1 aromatic rings. The molecule has 3 rings (SSSR count). The van der Waals surface area contributed by atoms with Gasteiger partial charge in [-0.15, -0.1) is 0 Å². The zero-order valence-corrected chi connectivity index (χ0v) is 15.4. The van der Waals surface area contributed by atoms with Crippen molar-refractivity contribution in [1.29, 1.82) is 0 Å². The van der Waals surface area contributed by atoms with Gasteiger partial charge < -0.3 is 0 Å². The second kappa shape index (κ2) is 8.60. The van der Waals surface area contributed by atoms with E-state index in [2.05, 4.69) is 6.92 Å². The molecule has 0 aromatic heterocycles. The van der Waals surface area contributed by atoms with E-state index in [9.17, 15) is 13.2 Å². The molecule has 140 valence electrons. The van der Waals surface area contributed by atoms with Gasteiger partial charge in [0, 0.05) is 0 Å². The first-order valence-corrected chi connectivity index (χ1v) is 10.2. The van der Waals surface area contributed by atoms with Crippen molar-refractivity contribution in [3.05, 3.63) is 35.1 Å². The van der Waals surface area contributed by atoms with Crippen LogP contribution in [-0.4, -0.2) is 0 Å². The summed E-state index contributed by atoms with van der Waals surface area (Å²) >= 11 is 0. The highest BCUT2D eigenvalue weighted by Gasteiger charge is 2.29. The van der Waals surface area contributed by atoms with Gasteiger partial charge in [0.05, 0.1) is 0 Å². The summed E-state index contributed by atoms with van der Waals surface area (Å²) in [6, 6.07) is 2.33. The predicted molar refractivity (Wildman–Crippen MR) is 95.8 cm³/mol. The molecule has 0 radical (unpaired) electrons. The van der Waals surface area contributed by atoms with Crippen LogP contribution in [0.2, 0.25) is 0 Å². The minimum atomic E-state index is -1.36. The summed E-state index contributed by atoms with van der Waals surface area (Å²) in [5.41, 5.74) is 0.597. The van der Waals surface area contributed by atoms with E-state index in [1.165, 1.54) is 63.5 Å². The SMILES string of the molecule is CCC1CCCC(C2CCC(Cc3cc(F)c(F)c(F)c3)CC2)CC1. The maximum atomic E-state index is 13.4. The lowest BCUT2D eigenvalue weighted by atomic mass is 9.72. The van der Waals surface area contributed by atoms with Crippen LogP contribution in [0.1, 0.15) is 76.7 Å². The van der Waals surface area contributed by atoms with Crippen LogP contribution in [0.5, 0.6) is 0 Å². The van der Waals surface area contributed by atoms with Gasteiger partial charge in [0.1, 0.15) is 0 Å². The molecule has 0 heterocycles. The molecule has 0 N–H and O–H groups in total. The second-order valence-corrected chi connectivity index (χ2v) is 8.40. The monoisotopic (exact) mass is 352 g/mol. The van der Waals surface area contributed by atoms with Crippen molar-refractivity contribution in [2.75, 3.05) is 0 Å². The Morgan fingerprint density at radius 1 is 0.760 bits per heavy atom. The molecule has 0 saturated heterocycles. The van der Waals surface area contributed by atoms with Crippen molar-refractivity contribution in [3.63, 3.8) is 0 Å². The van der Waals surface area contributed by atoms with Crippen molar-refractivity contribution in [2.45, 2.75) is 77.6 Å². The second-order valence-electron chi connectivity index (χ2n) is 8.40. The molecule has 0 bridgehead atoms. The molecule has 0 amide bonds. The van der Waals surface area contributed by atoms with Crippen LogP contribution < -0.4 is 0 Å². The van der Waals surface area contributed by atoms with E-state index >= 15 is 0 Å². The van der Waals surface area contributed by atoms with Gasteiger partial charge in [-0.1, -0.05) is 39.0 Å². The fourth-order valence-electron chi connectivity index (χ4n) is 5.21. The van der Waals surface area contributed by atoms with Gasteiger partial charge in [-0.05, 0) is 79.9 Å². The molecule has 0 spiro atoms. The number of rotatable bonds is 4. The average molecular weight is 352 g/mol. The first-order chi connectivity index (χ1) is 12.1. The van der Waals surface area contributed by atoms with Crippen LogP contribution in [0, 0.1) is 41.1 Å². The molecule has 1 aromatic carbocycles. The summed E-state index contributed by atoms with van der Waals surface area (Å²) in [7, 11) is 0. The largest absolute Gasteiger partial charge is 0.204 e. The molecule has 2 atom stereocenters. The van der Waals surface area contributed by atoms with Gasteiger partial charge in [-0.25, -0.2) is 13.2 Å². The van der Waals surface area contributed by atoms with Crippen LogP contribution in [0.15, 0.2) is 12.1 Å². The van der Waals surface area contributed by atoms with E-state index in [0.717, 1.165) is 30.6 Å². The Morgan fingerprint density at radius 2 is 1.32 bits per heavy atom. The Kier molecular flexibility index (Phi) is 6.46. The van der Waals surface area contributed by atoms with Crippen LogP contribution in [-0.2, 0) is 6.42 Å². The number of halogens is 3. The van der Waals surface area contributed by atoms with Crippen molar-refractivity contribution in [1.82, 2.24) is 0 Å². The van der Waals surface area contributed by atoms with Gasteiger partial charge in [-0.2, -0.15) is 0 Å². The molecule has 0 nitrogen and oxygen atoms in total. The number of benzene rings is 1. The molecule has 2 saturated carbocycles. The van der Waals surface area contributed by atoms with Crippen LogP contribution >= 0.6 is 0 Å². The first kappa shape index (κ1) is 18.8. The van der Waals surface area contributed by atoms with Gasteiger partial charge in [0.15, 0.2) is 17.5 Å². The fraction of sp³-hybridized carbons (Fsp3) is 0.727. The van der Waals surface area contributed by atoms with E-state index in [4.69, 9.17) is 0 Å². The predicted octanol–water partition coefficient (Wildman–Crippen LogP) is 7.06. The standard InChI is InChI=1S/C22H31F3/c1-2-15-4-3-5-18(9-6-15)19-10-7-16(8-11-19)12-17-13-20(23)22(25)21(24)14-17/h13-16,18-19H,2-12H2,1H3. The van der Waals surface area contributed by atoms with Crippen molar-refractivity contribution < 1.29 is 13.2 Å². The Labute approximate surface area is 150 Å². The van der Waals surface area contributed by atoms with E-state index in [1.807, 2.05) is 0 Å². The summed E-state index contributed by atoms with van der Waals surface area (Å²) in [5, 5.41) is 0. The molecule has 0 aliphatic heterocycles. The zero-order chi connectivity index (χ0) is 17.8. The molecule has 25 heavy (non-hydrogen) atoms. The molecular formula is C22H31F3. The highest BCUT2D eigenvalue weighted by Crippen LogP contribution is 2.41. The minimum absolute atomic E-state index is 0.481. The van der Waals surface area contributed by atoms with Gasteiger partial charge >= 0.3 is 0 Å². The third-order valence-electron chi connectivity index (χ3n) is 6.84. The van der Waals surface area contributed by atoms with Crippen molar-refractivity contribution in [3.8, 4) is 0 Å². The Morgan fingerprint density at radius 3 is 1.92 bits per heavy atom. The summed E-state index contributed by atoms with van der Waals surface area (Å²) in [6.07, 6.45) is 13.7. The highest BCUT2D eigenvalue weighted by molar-refractivity contribution is 5.20. The topological polar surface area (TPSA) is 0 Å². The Hall–Kier alpha value is -0.990. The summed E-state index contributed by atoms with van der Waals surface area (Å²) in [4.78, 5) is 0. The van der Waals surface area contributed by atoms with Crippen LogP contribution in [0.4, 0.5) is 13.2 Å². The maximum absolute atomic E-state index is 13.4. The molecule has 2 aliphatic carbocycles. The lowest BCUT2D eigenvalue weighted by Gasteiger charge is -2.34. The van der Waals surface area contributed by atoms with Gasteiger partial charge in [0.2, 0.25) is 0 Å². The zero-order valence-electron chi connectivity index (χ0n) is 15.4. The van der Waals surface area contributed by atoms with E-state index < -0.39 is 17.5 Å². The Bertz CT molecular complexity index is 537. The lowest BCUT2D eigenvalue weighted by Crippen LogP contribution is -2.22. The van der Waals surface area contributed by atoms with Crippen LogP contribution in [0.25, 0.3) is 0 Å². The molecular weight excluding hydrogens is 321 g/mol. The van der Waals surface area contributed by atoms with Gasteiger partial charge in [0.25, 0.3) is 0 Å². The maximum Gasteiger partial charge on any atom is 0.194 e. The quantitative estimate of drug-likeness (QED) is 0.402. The van der Waals surface area contributed by atoms with E-state index in [1.54, 1.807) is 0 Å². The third kappa shape index (κ3) is 4.80. The van der Waals surface area contributed by atoms with E-state index in [0.29, 0.717) is 17.9 Å². The van der Waals surface area contributed by atoms with Crippen LogP contribution in [0.3, 0.4) is 0 Å². The van der Waals surface area contributed by atoms with E-state index in [-0.39, 0.29) is 0 Å². The summed E-state index contributed by atoms with van der Waals surface area (Å²) in [6.45, 7) is 2.32. The molecule has 2 fully saturated rings. The Balaban J connectivity index is 1.50. The fourth-order valence-corrected chi connectivity index (χ4v) is 5.21. The number of hydrogen-bond acceptors (Lipinski definition) is 0. The molecule has 3 heteroatoms. The summed E-state index contributed by atoms with van der Waals surface area (Å²) < 4.78 is 39.8. The third-order valence-corrected chi connectivity index (χ3v) is 6.84. The normalized spacial score (nSPS) is 30.9. The first-order valence-electron chi connectivity index (χ1n) is 10.2. The smallest absolute Gasteiger partial charge is 0.194 e. The van der Waals surface area contributed by atoms with Gasteiger partial charge in [-0.3, -0.25) is 0 Å². The molecule has 2 aliphatic rings.